The molecule has 3 heterocycles. The summed E-state index contributed by atoms with van der Waals surface area (Å²) < 4.78 is 8.93. The fourth-order valence-corrected chi connectivity index (χ4v) is 2.22. The molecule has 0 amide bonds. The van der Waals surface area contributed by atoms with Gasteiger partial charge in [-0.05, 0) is 13.0 Å². The second-order valence-corrected chi connectivity index (χ2v) is 4.29. The van der Waals surface area contributed by atoms with Crippen molar-refractivity contribution in [3.05, 3.63) is 42.4 Å². The number of carbonyl (C=O) groups excluding carboxylic acids is 1. The van der Waals surface area contributed by atoms with Crippen LogP contribution in [0.15, 0.2) is 36.7 Å². The SMILES string of the molecule is CCOC(=O)c1cc2c[n+]3ccccc3n2c(NC)n1. The van der Waals surface area contributed by atoms with E-state index < -0.39 is 5.97 Å². The molecule has 6 heteroatoms. The Balaban J connectivity index is 2.29. The monoisotopic (exact) mass is 271 g/mol. The minimum atomic E-state index is -0.415. The van der Waals surface area contributed by atoms with Crippen LogP contribution >= 0.6 is 0 Å². The van der Waals surface area contributed by atoms with Gasteiger partial charge in [-0.2, -0.15) is 9.38 Å². The Morgan fingerprint density at radius 2 is 2.35 bits per heavy atom. The highest BCUT2D eigenvalue weighted by Crippen LogP contribution is 2.15. The van der Waals surface area contributed by atoms with E-state index in [0.29, 0.717) is 18.2 Å². The molecule has 0 atom stereocenters. The number of aromatic nitrogens is 3. The number of esters is 1. The predicted octanol–water partition coefficient (Wildman–Crippen LogP) is 1.29. The normalized spacial score (nSPS) is 10.9. The number of carbonyl (C=O) groups is 1. The van der Waals surface area contributed by atoms with E-state index in [0.717, 1.165) is 11.2 Å². The van der Waals surface area contributed by atoms with Crippen molar-refractivity contribution >= 4 is 23.1 Å². The molecule has 6 nitrogen and oxygen atoms in total. The summed E-state index contributed by atoms with van der Waals surface area (Å²) in [5.74, 6) is 0.181. The van der Waals surface area contributed by atoms with Gasteiger partial charge in [-0.25, -0.2) is 9.20 Å². The van der Waals surface area contributed by atoms with Crippen LogP contribution < -0.4 is 9.72 Å². The Morgan fingerprint density at radius 1 is 1.50 bits per heavy atom. The molecular weight excluding hydrogens is 256 g/mol. The number of anilines is 1. The van der Waals surface area contributed by atoms with E-state index in [1.807, 2.05) is 39.4 Å². The molecular formula is C14H15N4O2+. The largest absolute Gasteiger partial charge is 0.461 e. The van der Waals surface area contributed by atoms with Gasteiger partial charge in [-0.15, -0.1) is 0 Å². The van der Waals surface area contributed by atoms with Gasteiger partial charge in [-0.3, -0.25) is 0 Å². The third kappa shape index (κ3) is 1.85. The van der Waals surface area contributed by atoms with Gasteiger partial charge in [0.2, 0.25) is 0 Å². The molecule has 0 bridgehead atoms. The van der Waals surface area contributed by atoms with Gasteiger partial charge in [-0.1, -0.05) is 6.07 Å². The van der Waals surface area contributed by atoms with E-state index in [4.69, 9.17) is 4.74 Å². The average molecular weight is 271 g/mol. The molecule has 0 saturated heterocycles. The fraction of sp³-hybridized carbons (Fsp3) is 0.214. The topological polar surface area (TPSA) is 59.7 Å². The summed E-state index contributed by atoms with van der Waals surface area (Å²) in [6.07, 6.45) is 3.90. The molecule has 1 N–H and O–H groups in total. The molecule has 0 saturated carbocycles. The number of fused-ring (bicyclic) bond motifs is 3. The first-order valence-electron chi connectivity index (χ1n) is 6.42. The number of rotatable bonds is 3. The summed E-state index contributed by atoms with van der Waals surface area (Å²) in [5, 5.41) is 3.02. The van der Waals surface area contributed by atoms with Crippen molar-refractivity contribution in [2.75, 3.05) is 19.0 Å². The van der Waals surface area contributed by atoms with Crippen molar-refractivity contribution in [2.24, 2.45) is 0 Å². The zero-order valence-corrected chi connectivity index (χ0v) is 11.3. The summed E-state index contributed by atoms with van der Waals surface area (Å²) in [5.41, 5.74) is 2.14. The molecule has 0 radical (unpaired) electrons. The van der Waals surface area contributed by atoms with Gasteiger partial charge in [0.25, 0.3) is 5.65 Å². The standard InChI is InChI=1S/C14H15N4O2/c1-3-20-13(19)11-8-10-9-17-7-5-4-6-12(17)18(10)14(15-2)16-11/h4-9H,3H2,1-2H3,(H,15,16)/q+1. The summed E-state index contributed by atoms with van der Waals surface area (Å²) in [4.78, 5) is 16.2. The lowest BCUT2D eigenvalue weighted by molar-refractivity contribution is -0.509. The van der Waals surface area contributed by atoms with Crippen LogP contribution in [0.1, 0.15) is 17.4 Å². The first-order valence-corrected chi connectivity index (χ1v) is 6.42. The summed E-state index contributed by atoms with van der Waals surface area (Å²) in [6.45, 7) is 2.11. The number of imidazole rings is 1. The van der Waals surface area contributed by atoms with Crippen molar-refractivity contribution in [2.45, 2.75) is 6.92 Å². The van der Waals surface area contributed by atoms with Crippen molar-refractivity contribution in [1.29, 1.82) is 0 Å². The second kappa shape index (κ2) is 4.80. The molecule has 0 unspecified atom stereocenters. The lowest BCUT2D eigenvalue weighted by atomic mass is 10.3. The Hall–Kier alpha value is -2.63. The second-order valence-electron chi connectivity index (χ2n) is 4.29. The molecule has 3 aromatic heterocycles. The highest BCUT2D eigenvalue weighted by atomic mass is 16.5. The molecule has 0 aromatic carbocycles. The number of nitrogens with one attached hydrogen (secondary N) is 1. The van der Waals surface area contributed by atoms with Crippen molar-refractivity contribution in [3.63, 3.8) is 0 Å². The first-order chi connectivity index (χ1) is 9.74. The minimum absolute atomic E-state index is 0.298. The molecule has 0 aliphatic heterocycles. The van der Waals surface area contributed by atoms with Crippen LogP contribution in [0, 0.1) is 0 Å². The van der Waals surface area contributed by atoms with Crippen LogP contribution in [0.25, 0.3) is 11.2 Å². The molecule has 3 rings (SSSR count). The zero-order valence-electron chi connectivity index (χ0n) is 11.3. The van der Waals surface area contributed by atoms with Crippen molar-refractivity contribution in [1.82, 2.24) is 9.38 Å². The molecule has 0 fully saturated rings. The van der Waals surface area contributed by atoms with E-state index in [9.17, 15) is 4.79 Å². The Bertz CT molecular complexity index is 794. The van der Waals surface area contributed by atoms with Crippen molar-refractivity contribution in [3.8, 4) is 0 Å². The summed E-state index contributed by atoms with van der Waals surface area (Å²) in [7, 11) is 1.77. The number of hydrogen-bond donors (Lipinski definition) is 1. The molecule has 102 valence electrons. The van der Waals surface area contributed by atoms with Crippen molar-refractivity contribution < 1.29 is 13.9 Å². The molecule has 20 heavy (non-hydrogen) atoms. The van der Waals surface area contributed by atoms with Crippen LogP contribution in [-0.4, -0.2) is 29.0 Å². The predicted molar refractivity (Wildman–Crippen MR) is 73.9 cm³/mol. The maximum atomic E-state index is 11.8. The number of ether oxygens (including phenoxy) is 1. The third-order valence-corrected chi connectivity index (χ3v) is 3.06. The van der Waals surface area contributed by atoms with Crippen LogP contribution in [0.5, 0.6) is 0 Å². The summed E-state index contributed by atoms with van der Waals surface area (Å²) in [6, 6.07) is 7.62. The molecule has 0 aliphatic carbocycles. The summed E-state index contributed by atoms with van der Waals surface area (Å²) >= 11 is 0. The molecule has 3 aromatic rings. The van der Waals surface area contributed by atoms with Gasteiger partial charge in [0, 0.05) is 19.2 Å². The van der Waals surface area contributed by atoms with Crippen LogP contribution in [-0.2, 0) is 4.74 Å². The quantitative estimate of drug-likeness (QED) is 0.576. The minimum Gasteiger partial charge on any atom is -0.461 e. The van der Waals surface area contributed by atoms with Crippen LogP contribution in [0.3, 0.4) is 0 Å². The zero-order chi connectivity index (χ0) is 14.1. The van der Waals surface area contributed by atoms with Crippen LogP contribution in [0.2, 0.25) is 0 Å². The average Bonchev–Trinajstić information content (AvgIpc) is 2.84. The molecule has 0 aliphatic rings. The van der Waals surface area contributed by atoms with Gasteiger partial charge >= 0.3 is 11.9 Å². The number of pyridine rings is 1. The van der Waals surface area contributed by atoms with Gasteiger partial charge in [0.05, 0.1) is 12.8 Å². The van der Waals surface area contributed by atoms with Gasteiger partial charge in [0.1, 0.15) is 6.20 Å². The fourth-order valence-electron chi connectivity index (χ4n) is 2.22. The van der Waals surface area contributed by atoms with Gasteiger partial charge in [0.15, 0.2) is 11.2 Å². The Morgan fingerprint density at radius 3 is 3.10 bits per heavy atom. The lowest BCUT2D eigenvalue weighted by Gasteiger charge is -2.03. The highest BCUT2D eigenvalue weighted by Gasteiger charge is 2.20. The Kier molecular flexibility index (Phi) is 2.98. The first kappa shape index (κ1) is 12.4. The number of hydrogen-bond acceptors (Lipinski definition) is 4. The molecule has 0 spiro atoms. The van der Waals surface area contributed by atoms with E-state index in [-0.39, 0.29) is 0 Å². The smallest absolute Gasteiger partial charge is 0.357 e. The van der Waals surface area contributed by atoms with E-state index in [1.165, 1.54) is 0 Å². The third-order valence-electron chi connectivity index (χ3n) is 3.06. The van der Waals surface area contributed by atoms with E-state index in [2.05, 4.69) is 10.3 Å². The highest BCUT2D eigenvalue weighted by molar-refractivity contribution is 5.89. The van der Waals surface area contributed by atoms with Gasteiger partial charge < -0.3 is 10.1 Å². The number of nitrogens with zero attached hydrogens (tertiary/aromatic N) is 3. The van der Waals surface area contributed by atoms with E-state index in [1.54, 1.807) is 20.0 Å². The maximum absolute atomic E-state index is 11.8. The Labute approximate surface area is 115 Å². The maximum Gasteiger partial charge on any atom is 0.357 e. The lowest BCUT2D eigenvalue weighted by Crippen LogP contribution is -2.17. The van der Waals surface area contributed by atoms with E-state index >= 15 is 0 Å². The van der Waals surface area contributed by atoms with Crippen LogP contribution in [0.4, 0.5) is 5.95 Å².